The number of hydrogen-bond donors (Lipinski definition) is 1. The third-order valence-electron chi connectivity index (χ3n) is 3.82. The highest BCUT2D eigenvalue weighted by atomic mass is 19.1. The van der Waals surface area contributed by atoms with Crippen molar-refractivity contribution >= 4 is 5.69 Å². The van der Waals surface area contributed by atoms with Gasteiger partial charge in [-0.2, -0.15) is 0 Å². The number of rotatable bonds is 8. The van der Waals surface area contributed by atoms with E-state index in [-0.39, 0.29) is 5.82 Å². The Hall–Kier alpha value is -1.09. The second kappa shape index (κ2) is 6.90. The van der Waals surface area contributed by atoms with Crippen LogP contribution in [-0.2, 0) is 0 Å². The van der Waals surface area contributed by atoms with E-state index in [1.165, 1.54) is 18.9 Å². The minimum Gasteiger partial charge on any atom is -0.370 e. The SMILES string of the molecule is CCCNC(CN(CC)c1cccc(F)c1)C1CC1. The summed E-state index contributed by atoms with van der Waals surface area (Å²) in [6, 6.07) is 7.47. The molecule has 0 spiro atoms. The van der Waals surface area contributed by atoms with Crippen LogP contribution in [0.3, 0.4) is 0 Å². The van der Waals surface area contributed by atoms with Crippen molar-refractivity contribution in [2.45, 2.75) is 39.2 Å². The Labute approximate surface area is 116 Å². The molecule has 106 valence electrons. The number of benzene rings is 1. The Morgan fingerprint density at radius 3 is 2.74 bits per heavy atom. The Morgan fingerprint density at radius 2 is 2.16 bits per heavy atom. The zero-order chi connectivity index (χ0) is 13.7. The van der Waals surface area contributed by atoms with Crippen molar-refractivity contribution in [3.63, 3.8) is 0 Å². The highest BCUT2D eigenvalue weighted by Crippen LogP contribution is 2.33. The fourth-order valence-electron chi connectivity index (χ4n) is 2.54. The topological polar surface area (TPSA) is 15.3 Å². The molecular formula is C16H25FN2. The molecule has 1 aromatic carbocycles. The van der Waals surface area contributed by atoms with Crippen LogP contribution in [0.4, 0.5) is 10.1 Å². The molecule has 1 aliphatic carbocycles. The summed E-state index contributed by atoms with van der Waals surface area (Å²) in [5.74, 6) is 0.662. The minimum atomic E-state index is -0.152. The van der Waals surface area contributed by atoms with Gasteiger partial charge in [0.15, 0.2) is 0 Å². The van der Waals surface area contributed by atoms with Crippen molar-refractivity contribution in [2.24, 2.45) is 5.92 Å². The number of halogens is 1. The normalized spacial score (nSPS) is 16.4. The van der Waals surface area contributed by atoms with E-state index in [0.717, 1.165) is 37.7 Å². The molecular weight excluding hydrogens is 239 g/mol. The molecule has 1 unspecified atom stereocenters. The van der Waals surface area contributed by atoms with Crippen LogP contribution in [-0.4, -0.2) is 25.7 Å². The number of nitrogens with one attached hydrogen (secondary N) is 1. The monoisotopic (exact) mass is 264 g/mol. The van der Waals surface area contributed by atoms with Gasteiger partial charge in [0.2, 0.25) is 0 Å². The van der Waals surface area contributed by atoms with E-state index in [0.29, 0.717) is 6.04 Å². The van der Waals surface area contributed by atoms with Crippen LogP contribution >= 0.6 is 0 Å². The second-order valence-corrected chi connectivity index (χ2v) is 5.42. The lowest BCUT2D eigenvalue weighted by Gasteiger charge is -2.29. The standard InChI is InChI=1S/C16H25FN2/c1-3-10-18-16(13-8-9-13)12-19(4-2)15-7-5-6-14(17)11-15/h5-7,11,13,16,18H,3-4,8-10,12H2,1-2H3. The Bertz CT molecular complexity index is 390. The van der Waals surface area contributed by atoms with Crippen LogP contribution in [0.5, 0.6) is 0 Å². The van der Waals surface area contributed by atoms with Crippen molar-refractivity contribution in [3.8, 4) is 0 Å². The van der Waals surface area contributed by atoms with Crippen LogP contribution < -0.4 is 10.2 Å². The molecule has 19 heavy (non-hydrogen) atoms. The number of likely N-dealkylation sites (N-methyl/N-ethyl adjacent to an activating group) is 1. The van der Waals surface area contributed by atoms with E-state index in [2.05, 4.69) is 24.1 Å². The second-order valence-electron chi connectivity index (χ2n) is 5.42. The molecule has 1 atom stereocenters. The van der Waals surface area contributed by atoms with Gasteiger partial charge in [-0.15, -0.1) is 0 Å². The summed E-state index contributed by atoms with van der Waals surface area (Å²) in [6.45, 7) is 7.29. The first-order valence-corrected chi connectivity index (χ1v) is 7.48. The summed E-state index contributed by atoms with van der Waals surface area (Å²) in [7, 11) is 0. The molecule has 0 amide bonds. The zero-order valence-electron chi connectivity index (χ0n) is 12.0. The van der Waals surface area contributed by atoms with Crippen molar-refractivity contribution in [1.82, 2.24) is 5.32 Å². The quantitative estimate of drug-likeness (QED) is 0.774. The molecule has 1 N–H and O–H groups in total. The Morgan fingerprint density at radius 1 is 1.37 bits per heavy atom. The first kappa shape index (κ1) is 14.3. The van der Waals surface area contributed by atoms with Crippen molar-refractivity contribution < 1.29 is 4.39 Å². The number of hydrogen-bond acceptors (Lipinski definition) is 2. The van der Waals surface area contributed by atoms with Gasteiger partial charge < -0.3 is 10.2 Å². The maximum absolute atomic E-state index is 13.3. The Balaban J connectivity index is 2.00. The summed E-state index contributed by atoms with van der Waals surface area (Å²) in [5, 5.41) is 3.65. The van der Waals surface area contributed by atoms with Crippen LogP contribution in [0.1, 0.15) is 33.1 Å². The molecule has 1 fully saturated rings. The van der Waals surface area contributed by atoms with Gasteiger partial charge >= 0.3 is 0 Å². The summed E-state index contributed by atoms with van der Waals surface area (Å²) in [5.41, 5.74) is 0.992. The fraction of sp³-hybridized carbons (Fsp3) is 0.625. The summed E-state index contributed by atoms with van der Waals surface area (Å²) in [4.78, 5) is 2.27. The molecule has 0 aliphatic heterocycles. The summed E-state index contributed by atoms with van der Waals surface area (Å²) >= 11 is 0. The molecule has 0 saturated heterocycles. The van der Waals surface area contributed by atoms with E-state index in [4.69, 9.17) is 0 Å². The average Bonchev–Trinajstić information content (AvgIpc) is 3.23. The number of nitrogens with zero attached hydrogens (tertiary/aromatic N) is 1. The average molecular weight is 264 g/mol. The lowest BCUT2D eigenvalue weighted by molar-refractivity contribution is 0.458. The summed E-state index contributed by atoms with van der Waals surface area (Å²) < 4.78 is 13.3. The summed E-state index contributed by atoms with van der Waals surface area (Å²) in [6.07, 6.45) is 3.83. The molecule has 1 saturated carbocycles. The molecule has 0 radical (unpaired) electrons. The van der Waals surface area contributed by atoms with Crippen LogP contribution in [0, 0.1) is 11.7 Å². The van der Waals surface area contributed by atoms with Gasteiger partial charge in [0.1, 0.15) is 5.82 Å². The van der Waals surface area contributed by atoms with Gasteiger partial charge in [0.05, 0.1) is 0 Å². The molecule has 1 aromatic rings. The number of anilines is 1. The van der Waals surface area contributed by atoms with Gasteiger partial charge in [-0.3, -0.25) is 0 Å². The highest BCUT2D eigenvalue weighted by Gasteiger charge is 2.31. The minimum absolute atomic E-state index is 0.152. The third kappa shape index (κ3) is 4.20. The lowest BCUT2D eigenvalue weighted by atomic mass is 10.1. The zero-order valence-corrected chi connectivity index (χ0v) is 12.0. The molecule has 0 bridgehead atoms. The van der Waals surface area contributed by atoms with Gasteiger partial charge in [-0.1, -0.05) is 13.0 Å². The molecule has 1 aliphatic rings. The van der Waals surface area contributed by atoms with E-state index in [1.807, 2.05) is 6.07 Å². The first-order chi connectivity index (χ1) is 9.24. The van der Waals surface area contributed by atoms with Gasteiger partial charge in [-0.05, 0) is 56.8 Å². The van der Waals surface area contributed by atoms with E-state index < -0.39 is 0 Å². The molecule has 0 aromatic heterocycles. The smallest absolute Gasteiger partial charge is 0.125 e. The maximum Gasteiger partial charge on any atom is 0.125 e. The maximum atomic E-state index is 13.3. The predicted molar refractivity (Wildman–Crippen MR) is 79.1 cm³/mol. The van der Waals surface area contributed by atoms with Crippen molar-refractivity contribution in [2.75, 3.05) is 24.5 Å². The highest BCUT2D eigenvalue weighted by molar-refractivity contribution is 5.46. The molecule has 3 heteroatoms. The van der Waals surface area contributed by atoms with Crippen LogP contribution in [0.25, 0.3) is 0 Å². The van der Waals surface area contributed by atoms with E-state index in [9.17, 15) is 4.39 Å². The van der Waals surface area contributed by atoms with Gasteiger partial charge in [-0.25, -0.2) is 4.39 Å². The van der Waals surface area contributed by atoms with Gasteiger partial charge in [0, 0.05) is 24.8 Å². The largest absolute Gasteiger partial charge is 0.370 e. The molecule has 2 rings (SSSR count). The molecule has 0 heterocycles. The van der Waals surface area contributed by atoms with E-state index >= 15 is 0 Å². The lowest BCUT2D eigenvalue weighted by Crippen LogP contribution is -2.43. The van der Waals surface area contributed by atoms with Crippen LogP contribution in [0.15, 0.2) is 24.3 Å². The first-order valence-electron chi connectivity index (χ1n) is 7.48. The van der Waals surface area contributed by atoms with Crippen molar-refractivity contribution in [3.05, 3.63) is 30.1 Å². The fourth-order valence-corrected chi connectivity index (χ4v) is 2.54. The third-order valence-corrected chi connectivity index (χ3v) is 3.82. The Kier molecular flexibility index (Phi) is 5.20. The van der Waals surface area contributed by atoms with Crippen molar-refractivity contribution in [1.29, 1.82) is 0 Å². The molecule has 2 nitrogen and oxygen atoms in total. The predicted octanol–water partition coefficient (Wildman–Crippen LogP) is 3.43. The van der Waals surface area contributed by atoms with Gasteiger partial charge in [0.25, 0.3) is 0 Å². The van der Waals surface area contributed by atoms with Crippen LogP contribution in [0.2, 0.25) is 0 Å². The van der Waals surface area contributed by atoms with E-state index in [1.54, 1.807) is 12.1 Å².